The number of aromatic carboxylic acids is 1. The van der Waals surface area contributed by atoms with E-state index < -0.39 is 5.97 Å². The Kier molecular flexibility index (Phi) is 1.77. The monoisotopic (exact) mass is 158 g/mol. The number of carboxylic acid groups (broad SMARTS) is 1. The van der Waals surface area contributed by atoms with Crippen LogP contribution in [0.3, 0.4) is 0 Å². The van der Waals surface area contributed by atoms with Crippen molar-refractivity contribution < 1.29 is 15.1 Å². The van der Waals surface area contributed by atoms with Crippen molar-refractivity contribution in [3.05, 3.63) is 21.2 Å². The van der Waals surface area contributed by atoms with Gasteiger partial charge in [-0.1, -0.05) is 0 Å². The molecule has 2 N–H and O–H groups in total. The molecule has 0 saturated carbocycles. The zero-order valence-electron chi connectivity index (χ0n) is 4.83. The van der Waals surface area contributed by atoms with Gasteiger partial charge in [0.15, 0.2) is 0 Å². The highest BCUT2D eigenvalue weighted by atomic mass is 32.1. The predicted octanol–water partition coefficient (Wildman–Crippen LogP) is -0.0752. The van der Waals surface area contributed by atoms with Crippen LogP contribution in [0.4, 0.5) is 5.69 Å². The van der Waals surface area contributed by atoms with E-state index in [9.17, 15) is 9.70 Å². The van der Waals surface area contributed by atoms with Gasteiger partial charge in [-0.05, 0) is 0 Å². The normalized spacial score (nSPS) is 9.20. The molecule has 0 aliphatic carbocycles. The lowest BCUT2D eigenvalue weighted by molar-refractivity contribution is -0.379. The van der Waals surface area contributed by atoms with Crippen LogP contribution in [0.5, 0.6) is 0 Å². The van der Waals surface area contributed by atoms with Crippen molar-refractivity contribution in [2.24, 2.45) is 0 Å². The molecule has 0 bridgehead atoms. The lowest BCUT2D eigenvalue weighted by Gasteiger charge is -1.78. The number of carboxylic acids is 1. The first-order chi connectivity index (χ1) is 4.74. The fourth-order valence-corrected chi connectivity index (χ4v) is 1.17. The zero-order valence-corrected chi connectivity index (χ0v) is 5.64. The fraction of sp³-hybridized carbons (Fsp3) is 0. The molecule has 0 saturated heterocycles. The van der Waals surface area contributed by atoms with Crippen LogP contribution in [0.1, 0.15) is 9.67 Å². The van der Waals surface area contributed by atoms with Crippen LogP contribution in [0.25, 0.3) is 0 Å². The van der Waals surface area contributed by atoms with Crippen LogP contribution >= 0.6 is 11.3 Å². The van der Waals surface area contributed by atoms with Gasteiger partial charge >= 0.3 is 5.97 Å². The minimum atomic E-state index is -1.01. The van der Waals surface area contributed by atoms with Crippen LogP contribution in [0, 0.1) is 4.91 Å². The zero-order chi connectivity index (χ0) is 7.56. The van der Waals surface area contributed by atoms with E-state index in [0.29, 0.717) is 5.69 Å². The average Bonchev–Trinajstić information content (AvgIpc) is 2.34. The van der Waals surface area contributed by atoms with Gasteiger partial charge in [0.2, 0.25) is 0 Å². The summed E-state index contributed by atoms with van der Waals surface area (Å²) in [4.78, 5) is 20.3. The van der Waals surface area contributed by atoms with E-state index in [1.165, 1.54) is 11.4 Å². The molecule has 0 fully saturated rings. The largest absolute Gasteiger partial charge is 0.477 e. The van der Waals surface area contributed by atoms with E-state index in [1.54, 1.807) is 5.18 Å². The van der Waals surface area contributed by atoms with Crippen LogP contribution < -0.4 is 5.18 Å². The molecular weight excluding hydrogens is 154 g/mol. The van der Waals surface area contributed by atoms with Crippen molar-refractivity contribution in [3.63, 3.8) is 0 Å². The minimum absolute atomic E-state index is 0.165. The second-order valence-electron chi connectivity index (χ2n) is 1.61. The summed E-state index contributed by atoms with van der Waals surface area (Å²) in [5.41, 5.74) is 0.294. The van der Waals surface area contributed by atoms with E-state index in [1.807, 2.05) is 0 Å². The van der Waals surface area contributed by atoms with Gasteiger partial charge in [-0.3, -0.25) is 0 Å². The summed E-state index contributed by atoms with van der Waals surface area (Å²) < 4.78 is 0. The average molecular weight is 158 g/mol. The molecule has 1 heterocycles. The Morgan fingerprint density at radius 2 is 2.40 bits per heavy atom. The smallest absolute Gasteiger partial charge is 0.346 e. The van der Waals surface area contributed by atoms with Crippen molar-refractivity contribution in [3.8, 4) is 0 Å². The van der Waals surface area contributed by atoms with Crippen LogP contribution in [-0.2, 0) is 0 Å². The van der Waals surface area contributed by atoms with Crippen molar-refractivity contribution >= 4 is 23.0 Å². The van der Waals surface area contributed by atoms with Crippen LogP contribution in [0.15, 0.2) is 11.4 Å². The summed E-state index contributed by atoms with van der Waals surface area (Å²) in [6.45, 7) is 0. The summed E-state index contributed by atoms with van der Waals surface area (Å²) >= 11 is 1.02. The molecule has 0 aromatic carbocycles. The number of thiophene rings is 1. The highest BCUT2D eigenvalue weighted by Crippen LogP contribution is 2.14. The fourth-order valence-electron chi connectivity index (χ4n) is 0.502. The molecule has 0 amide bonds. The minimum Gasteiger partial charge on any atom is -0.477 e. The predicted molar refractivity (Wildman–Crippen MR) is 35.3 cm³/mol. The highest BCUT2D eigenvalue weighted by Gasteiger charge is 2.09. The van der Waals surface area contributed by atoms with Gasteiger partial charge in [-0.25, -0.2) is 4.79 Å². The summed E-state index contributed by atoms with van der Waals surface area (Å²) in [6, 6.07) is 1.29. The van der Waals surface area contributed by atoms with Gasteiger partial charge in [-0.15, -0.1) is 11.3 Å². The number of hydrogen-bond donors (Lipinski definition) is 2. The molecule has 0 atom stereocenters. The molecule has 1 rings (SSSR count). The lowest BCUT2D eigenvalue weighted by atomic mass is 10.4. The maximum Gasteiger partial charge on any atom is 0.346 e. The van der Waals surface area contributed by atoms with E-state index >= 15 is 0 Å². The first-order valence-electron chi connectivity index (χ1n) is 2.44. The number of hydrogen-bond acceptors (Lipinski definition) is 3. The summed E-state index contributed by atoms with van der Waals surface area (Å²) in [5, 5.41) is 11.4. The van der Waals surface area contributed by atoms with E-state index in [0.717, 1.165) is 11.3 Å². The highest BCUT2D eigenvalue weighted by molar-refractivity contribution is 7.12. The van der Waals surface area contributed by atoms with Crippen molar-refractivity contribution in [1.29, 1.82) is 0 Å². The Hall–Kier alpha value is -1.23. The maximum absolute atomic E-state index is 10.2. The molecule has 0 aliphatic heterocycles. The van der Waals surface area contributed by atoms with Gasteiger partial charge < -0.3 is 5.11 Å². The van der Waals surface area contributed by atoms with Gasteiger partial charge in [0, 0.05) is 16.2 Å². The maximum atomic E-state index is 10.2. The molecular formula is C5H4NO3S+. The van der Waals surface area contributed by atoms with Gasteiger partial charge in [-0.2, -0.15) is 0 Å². The lowest BCUT2D eigenvalue weighted by Crippen LogP contribution is -2.55. The Labute approximate surface area is 60.1 Å². The topological polar surface area (TPSA) is 68.3 Å². The number of nitroso groups, excluding NO2 is 1. The third-order valence-electron chi connectivity index (χ3n) is 0.928. The molecule has 0 unspecified atom stereocenters. The number of carbonyl (C=O) groups is 1. The second-order valence-corrected chi connectivity index (χ2v) is 2.52. The van der Waals surface area contributed by atoms with Crippen molar-refractivity contribution in [1.82, 2.24) is 0 Å². The molecule has 0 aliphatic rings. The summed E-state index contributed by atoms with van der Waals surface area (Å²) in [5.74, 6) is -1.01. The standard InChI is InChI=1S/C5H3NO3S/c7-5(8)4-1-3(6-9)2-10-4/h1-2H,(H,7,8)/p+1. The third kappa shape index (κ3) is 1.19. The molecule has 52 valence electrons. The Bertz CT molecular complexity index is 268. The molecule has 4 nitrogen and oxygen atoms in total. The quantitative estimate of drug-likeness (QED) is 0.632. The molecule has 1 aromatic heterocycles. The van der Waals surface area contributed by atoms with E-state index in [4.69, 9.17) is 5.11 Å². The summed E-state index contributed by atoms with van der Waals surface area (Å²) in [7, 11) is 0. The van der Waals surface area contributed by atoms with E-state index in [2.05, 4.69) is 0 Å². The first kappa shape index (κ1) is 6.88. The summed E-state index contributed by atoms with van der Waals surface area (Å²) in [6.07, 6.45) is 0. The Morgan fingerprint density at radius 1 is 1.70 bits per heavy atom. The van der Waals surface area contributed by atoms with E-state index in [-0.39, 0.29) is 4.88 Å². The molecule has 0 spiro atoms. The molecule has 1 aromatic rings. The SMILES string of the molecule is O=[NH+]c1csc(C(=O)O)c1. The number of rotatable bonds is 2. The Morgan fingerprint density at radius 3 is 2.70 bits per heavy atom. The molecule has 10 heavy (non-hydrogen) atoms. The molecule has 5 heteroatoms. The number of nitrogens with one attached hydrogen (secondary N) is 1. The van der Waals surface area contributed by atoms with Crippen LogP contribution in [-0.4, -0.2) is 11.1 Å². The van der Waals surface area contributed by atoms with Gasteiger partial charge in [0.1, 0.15) is 4.88 Å². The first-order valence-corrected chi connectivity index (χ1v) is 3.32. The van der Waals surface area contributed by atoms with Crippen molar-refractivity contribution in [2.75, 3.05) is 0 Å². The Balaban J connectivity index is 2.98. The van der Waals surface area contributed by atoms with Crippen LogP contribution in [0.2, 0.25) is 0 Å². The second kappa shape index (κ2) is 2.57. The van der Waals surface area contributed by atoms with Gasteiger partial charge in [0.25, 0.3) is 5.69 Å². The van der Waals surface area contributed by atoms with Crippen molar-refractivity contribution in [2.45, 2.75) is 0 Å². The molecule has 0 radical (unpaired) electrons. The van der Waals surface area contributed by atoms with Gasteiger partial charge in [0.05, 0.1) is 5.38 Å². The third-order valence-corrected chi connectivity index (χ3v) is 1.85.